The normalized spacial score (nSPS) is 18.1. The second-order valence-corrected chi connectivity index (χ2v) is 5.25. The summed E-state index contributed by atoms with van der Waals surface area (Å²) in [5.41, 5.74) is 2.27. The Kier molecular flexibility index (Phi) is 2.96. The highest BCUT2D eigenvalue weighted by Crippen LogP contribution is 2.39. The number of rotatable bonds is 1. The van der Waals surface area contributed by atoms with Crippen molar-refractivity contribution >= 4 is 21.6 Å². The molecule has 92 valence electrons. The van der Waals surface area contributed by atoms with E-state index >= 15 is 0 Å². The van der Waals surface area contributed by atoms with Crippen molar-refractivity contribution in [1.82, 2.24) is 4.98 Å². The molecular formula is C14H13BrN2O. The van der Waals surface area contributed by atoms with E-state index in [0.717, 1.165) is 15.9 Å². The first-order valence-corrected chi connectivity index (χ1v) is 6.60. The molecule has 0 amide bonds. The number of fused-ring (bicyclic) bond motifs is 1. The third kappa shape index (κ3) is 1.97. The maximum Gasteiger partial charge on any atom is 0.142 e. The molecule has 0 spiro atoms. The molecule has 0 saturated heterocycles. The highest BCUT2D eigenvalue weighted by molar-refractivity contribution is 9.10. The van der Waals surface area contributed by atoms with Crippen molar-refractivity contribution in [2.45, 2.75) is 6.04 Å². The van der Waals surface area contributed by atoms with Crippen LogP contribution >= 0.6 is 15.9 Å². The molecule has 3 rings (SSSR count). The molecule has 0 radical (unpaired) electrons. The van der Waals surface area contributed by atoms with Crippen molar-refractivity contribution < 1.29 is 4.74 Å². The SMILES string of the molecule is CN1c2cc(Br)ccc2OCC1c1cccnc1. The van der Waals surface area contributed by atoms with Gasteiger partial charge in [-0.25, -0.2) is 0 Å². The van der Waals surface area contributed by atoms with E-state index in [-0.39, 0.29) is 6.04 Å². The molecule has 2 aromatic rings. The number of nitrogens with zero attached hydrogens (tertiary/aromatic N) is 2. The van der Waals surface area contributed by atoms with Gasteiger partial charge in [0.2, 0.25) is 0 Å². The number of ether oxygens (including phenoxy) is 1. The number of benzene rings is 1. The first-order chi connectivity index (χ1) is 8.75. The average Bonchev–Trinajstić information content (AvgIpc) is 2.41. The number of pyridine rings is 1. The van der Waals surface area contributed by atoms with E-state index in [0.29, 0.717) is 6.61 Å². The van der Waals surface area contributed by atoms with Gasteiger partial charge in [0.15, 0.2) is 0 Å². The van der Waals surface area contributed by atoms with E-state index in [1.807, 2.05) is 24.4 Å². The Hall–Kier alpha value is -1.55. The molecule has 18 heavy (non-hydrogen) atoms. The van der Waals surface area contributed by atoms with Gasteiger partial charge in [-0.15, -0.1) is 0 Å². The first kappa shape index (κ1) is 11.5. The molecule has 1 aromatic heterocycles. The second kappa shape index (κ2) is 4.61. The summed E-state index contributed by atoms with van der Waals surface area (Å²) in [5.74, 6) is 0.931. The minimum Gasteiger partial charge on any atom is -0.489 e. The van der Waals surface area contributed by atoms with E-state index in [1.54, 1.807) is 6.20 Å². The molecule has 4 heteroatoms. The zero-order valence-corrected chi connectivity index (χ0v) is 11.6. The van der Waals surface area contributed by atoms with E-state index in [1.165, 1.54) is 5.56 Å². The zero-order valence-electron chi connectivity index (χ0n) is 10.0. The summed E-state index contributed by atoms with van der Waals surface area (Å²) >= 11 is 3.50. The Balaban J connectivity index is 1.99. The maximum absolute atomic E-state index is 5.83. The molecule has 0 aliphatic carbocycles. The number of halogens is 1. The number of hydrogen-bond acceptors (Lipinski definition) is 3. The van der Waals surface area contributed by atoms with Crippen LogP contribution in [0.2, 0.25) is 0 Å². The van der Waals surface area contributed by atoms with Crippen molar-refractivity contribution in [3.05, 3.63) is 52.8 Å². The number of hydrogen-bond donors (Lipinski definition) is 0. The summed E-state index contributed by atoms with van der Waals surface area (Å²) in [6.07, 6.45) is 3.69. The summed E-state index contributed by atoms with van der Waals surface area (Å²) in [6.45, 7) is 0.650. The fraction of sp³-hybridized carbons (Fsp3) is 0.214. The number of aromatic nitrogens is 1. The molecule has 1 atom stereocenters. The lowest BCUT2D eigenvalue weighted by Gasteiger charge is -2.36. The van der Waals surface area contributed by atoms with Gasteiger partial charge in [-0.2, -0.15) is 0 Å². The molecular weight excluding hydrogens is 292 g/mol. The number of likely N-dealkylation sites (N-methyl/N-ethyl adjacent to an activating group) is 1. The van der Waals surface area contributed by atoms with Gasteiger partial charge >= 0.3 is 0 Å². The largest absolute Gasteiger partial charge is 0.489 e. The van der Waals surface area contributed by atoms with E-state index in [9.17, 15) is 0 Å². The standard InChI is InChI=1S/C14H13BrN2O/c1-17-12-7-11(15)4-5-14(12)18-9-13(17)10-3-2-6-16-8-10/h2-8,13H,9H2,1H3. The van der Waals surface area contributed by atoms with Crippen LogP contribution in [0.4, 0.5) is 5.69 Å². The molecule has 0 fully saturated rings. The van der Waals surface area contributed by atoms with Gasteiger partial charge in [-0.3, -0.25) is 4.98 Å². The van der Waals surface area contributed by atoms with E-state index in [2.05, 4.69) is 45.0 Å². The van der Waals surface area contributed by atoms with Crippen molar-refractivity contribution in [1.29, 1.82) is 0 Å². The summed E-state index contributed by atoms with van der Waals surface area (Å²) < 4.78 is 6.88. The molecule has 0 saturated carbocycles. The lowest BCUT2D eigenvalue weighted by Crippen LogP contribution is -2.33. The first-order valence-electron chi connectivity index (χ1n) is 5.81. The quantitative estimate of drug-likeness (QED) is 0.807. The summed E-state index contributed by atoms with van der Waals surface area (Å²) in [7, 11) is 2.09. The third-order valence-electron chi connectivity index (χ3n) is 3.23. The van der Waals surface area contributed by atoms with Gasteiger partial charge in [0.25, 0.3) is 0 Å². The summed E-state index contributed by atoms with van der Waals surface area (Å²) in [4.78, 5) is 6.41. The van der Waals surface area contributed by atoms with Crippen LogP contribution in [0.25, 0.3) is 0 Å². The van der Waals surface area contributed by atoms with Crippen molar-refractivity contribution in [2.75, 3.05) is 18.6 Å². The highest BCUT2D eigenvalue weighted by atomic mass is 79.9. The lowest BCUT2D eigenvalue weighted by atomic mass is 10.1. The van der Waals surface area contributed by atoms with Gasteiger partial charge in [0.05, 0.1) is 11.7 Å². The van der Waals surface area contributed by atoms with Crippen LogP contribution in [0.5, 0.6) is 5.75 Å². The van der Waals surface area contributed by atoms with Crippen LogP contribution in [-0.4, -0.2) is 18.6 Å². The maximum atomic E-state index is 5.83. The van der Waals surface area contributed by atoms with E-state index < -0.39 is 0 Å². The monoisotopic (exact) mass is 304 g/mol. The minimum absolute atomic E-state index is 0.209. The molecule has 1 aromatic carbocycles. The topological polar surface area (TPSA) is 25.4 Å². The number of anilines is 1. The van der Waals surface area contributed by atoms with Crippen LogP contribution in [0.1, 0.15) is 11.6 Å². The molecule has 0 N–H and O–H groups in total. The Labute approximate surface area is 115 Å². The van der Waals surface area contributed by atoms with Crippen molar-refractivity contribution in [3.63, 3.8) is 0 Å². The Morgan fingerprint density at radius 3 is 3.06 bits per heavy atom. The third-order valence-corrected chi connectivity index (χ3v) is 3.73. The van der Waals surface area contributed by atoms with Gasteiger partial charge in [-0.05, 0) is 29.8 Å². The van der Waals surface area contributed by atoms with Crippen LogP contribution in [0.15, 0.2) is 47.2 Å². The van der Waals surface area contributed by atoms with Gasteiger partial charge in [0.1, 0.15) is 12.4 Å². The molecule has 2 heterocycles. The molecule has 1 unspecified atom stereocenters. The Morgan fingerprint density at radius 1 is 1.39 bits per heavy atom. The fourth-order valence-electron chi connectivity index (χ4n) is 2.23. The molecule has 3 nitrogen and oxygen atoms in total. The van der Waals surface area contributed by atoms with Gasteiger partial charge in [0, 0.05) is 23.9 Å². The fourth-order valence-corrected chi connectivity index (χ4v) is 2.58. The lowest BCUT2D eigenvalue weighted by molar-refractivity contribution is 0.268. The molecule has 1 aliphatic rings. The predicted octanol–water partition coefficient (Wildman–Crippen LogP) is 3.41. The van der Waals surface area contributed by atoms with Crippen molar-refractivity contribution in [3.8, 4) is 5.75 Å². The highest BCUT2D eigenvalue weighted by Gasteiger charge is 2.26. The van der Waals surface area contributed by atoms with Crippen LogP contribution in [-0.2, 0) is 0 Å². The predicted molar refractivity (Wildman–Crippen MR) is 75.0 cm³/mol. The van der Waals surface area contributed by atoms with Crippen molar-refractivity contribution in [2.24, 2.45) is 0 Å². The Morgan fingerprint density at radius 2 is 2.28 bits per heavy atom. The van der Waals surface area contributed by atoms with Crippen LogP contribution in [0.3, 0.4) is 0 Å². The smallest absolute Gasteiger partial charge is 0.142 e. The molecule has 1 aliphatic heterocycles. The van der Waals surface area contributed by atoms with Crippen LogP contribution in [0, 0.1) is 0 Å². The minimum atomic E-state index is 0.209. The Bertz CT molecular complexity index is 559. The second-order valence-electron chi connectivity index (χ2n) is 4.34. The van der Waals surface area contributed by atoms with Crippen LogP contribution < -0.4 is 9.64 Å². The van der Waals surface area contributed by atoms with Gasteiger partial charge in [-0.1, -0.05) is 22.0 Å². The summed E-state index contributed by atoms with van der Waals surface area (Å²) in [6, 6.07) is 10.3. The van der Waals surface area contributed by atoms with Gasteiger partial charge < -0.3 is 9.64 Å². The average molecular weight is 305 g/mol. The summed E-state index contributed by atoms with van der Waals surface area (Å²) in [5, 5.41) is 0. The van der Waals surface area contributed by atoms with E-state index in [4.69, 9.17) is 4.74 Å². The molecule has 0 bridgehead atoms. The zero-order chi connectivity index (χ0) is 12.5.